The zero-order valence-corrected chi connectivity index (χ0v) is 14.0. The molecule has 2 heterocycles. The summed E-state index contributed by atoms with van der Waals surface area (Å²) in [5.74, 6) is 1.55. The SMILES string of the molecule is CC1CC(C)CN(CCCNC(=O)c2cccc3[nH]ncc23)C1. The summed E-state index contributed by atoms with van der Waals surface area (Å²) < 4.78 is 0. The second kappa shape index (κ2) is 7.13. The first-order chi connectivity index (χ1) is 11.1. The lowest BCUT2D eigenvalue weighted by Gasteiger charge is -2.34. The molecule has 1 aliphatic heterocycles. The molecular formula is C18H26N4O. The highest BCUT2D eigenvalue weighted by molar-refractivity contribution is 6.05. The van der Waals surface area contributed by atoms with E-state index in [1.165, 1.54) is 19.5 Å². The molecule has 1 amide bonds. The maximum Gasteiger partial charge on any atom is 0.252 e. The Morgan fingerprint density at radius 1 is 1.35 bits per heavy atom. The van der Waals surface area contributed by atoms with Gasteiger partial charge in [-0.3, -0.25) is 9.89 Å². The molecule has 1 fully saturated rings. The highest BCUT2D eigenvalue weighted by Gasteiger charge is 2.21. The van der Waals surface area contributed by atoms with Crippen molar-refractivity contribution in [2.45, 2.75) is 26.7 Å². The third-order valence-electron chi connectivity index (χ3n) is 4.61. The average molecular weight is 314 g/mol. The normalized spacial score (nSPS) is 22.3. The summed E-state index contributed by atoms with van der Waals surface area (Å²) in [6.45, 7) is 8.81. The van der Waals surface area contributed by atoms with E-state index in [1.54, 1.807) is 6.20 Å². The minimum absolute atomic E-state index is 0.0163. The highest BCUT2D eigenvalue weighted by atomic mass is 16.1. The van der Waals surface area contributed by atoms with E-state index in [1.807, 2.05) is 18.2 Å². The summed E-state index contributed by atoms with van der Waals surface area (Å²) in [5.41, 5.74) is 1.59. The predicted octanol–water partition coefficient (Wildman–Crippen LogP) is 2.66. The number of likely N-dealkylation sites (tertiary alicyclic amines) is 1. The Balaban J connectivity index is 1.47. The van der Waals surface area contributed by atoms with Crippen LogP contribution in [-0.4, -0.2) is 47.2 Å². The molecular weight excluding hydrogens is 288 g/mol. The average Bonchev–Trinajstić information content (AvgIpc) is 2.99. The van der Waals surface area contributed by atoms with Crippen molar-refractivity contribution in [2.75, 3.05) is 26.2 Å². The lowest BCUT2D eigenvalue weighted by atomic mass is 9.92. The monoisotopic (exact) mass is 314 g/mol. The second-order valence-electron chi connectivity index (χ2n) is 6.95. The fourth-order valence-electron chi connectivity index (χ4n) is 3.74. The van der Waals surface area contributed by atoms with Crippen LogP contribution in [0.5, 0.6) is 0 Å². The van der Waals surface area contributed by atoms with Gasteiger partial charge in [0.25, 0.3) is 5.91 Å². The molecule has 2 atom stereocenters. The maximum atomic E-state index is 12.3. The van der Waals surface area contributed by atoms with Crippen LogP contribution in [0.15, 0.2) is 24.4 Å². The molecule has 2 aromatic rings. The largest absolute Gasteiger partial charge is 0.352 e. The molecule has 0 aliphatic carbocycles. The zero-order chi connectivity index (χ0) is 16.2. The number of piperidine rings is 1. The van der Waals surface area contributed by atoms with Gasteiger partial charge in [0.05, 0.1) is 17.3 Å². The third-order valence-corrected chi connectivity index (χ3v) is 4.61. The number of carbonyl (C=O) groups is 1. The molecule has 1 aromatic heterocycles. The van der Waals surface area contributed by atoms with Gasteiger partial charge in [-0.25, -0.2) is 0 Å². The van der Waals surface area contributed by atoms with Crippen molar-refractivity contribution in [1.29, 1.82) is 0 Å². The number of benzene rings is 1. The van der Waals surface area contributed by atoms with E-state index in [0.29, 0.717) is 12.1 Å². The first-order valence-corrected chi connectivity index (χ1v) is 8.56. The highest BCUT2D eigenvalue weighted by Crippen LogP contribution is 2.20. The number of H-pyrrole nitrogens is 1. The summed E-state index contributed by atoms with van der Waals surface area (Å²) in [6.07, 6.45) is 4.04. The Morgan fingerprint density at radius 3 is 2.91 bits per heavy atom. The van der Waals surface area contributed by atoms with E-state index in [-0.39, 0.29) is 5.91 Å². The smallest absolute Gasteiger partial charge is 0.252 e. The summed E-state index contributed by atoms with van der Waals surface area (Å²) in [4.78, 5) is 14.9. The van der Waals surface area contributed by atoms with Gasteiger partial charge in [0, 0.05) is 25.0 Å². The van der Waals surface area contributed by atoms with E-state index in [0.717, 1.165) is 35.7 Å². The van der Waals surface area contributed by atoms with E-state index >= 15 is 0 Å². The van der Waals surface area contributed by atoms with Crippen LogP contribution in [-0.2, 0) is 0 Å². The summed E-state index contributed by atoms with van der Waals surface area (Å²) in [7, 11) is 0. The Bertz CT molecular complexity index is 656. The molecule has 124 valence electrons. The molecule has 0 bridgehead atoms. The number of aromatic nitrogens is 2. The minimum atomic E-state index is -0.0163. The molecule has 1 aromatic carbocycles. The molecule has 0 saturated carbocycles. The number of aromatic amines is 1. The van der Waals surface area contributed by atoms with Crippen molar-refractivity contribution in [2.24, 2.45) is 11.8 Å². The van der Waals surface area contributed by atoms with Crippen molar-refractivity contribution >= 4 is 16.8 Å². The van der Waals surface area contributed by atoms with Crippen molar-refractivity contribution in [1.82, 2.24) is 20.4 Å². The molecule has 5 heteroatoms. The molecule has 0 radical (unpaired) electrons. The number of fused-ring (bicyclic) bond motifs is 1. The van der Waals surface area contributed by atoms with Gasteiger partial charge in [-0.05, 0) is 43.4 Å². The molecule has 2 unspecified atom stereocenters. The Hall–Kier alpha value is -1.88. The van der Waals surface area contributed by atoms with Crippen LogP contribution < -0.4 is 5.32 Å². The molecule has 23 heavy (non-hydrogen) atoms. The lowest BCUT2D eigenvalue weighted by molar-refractivity contribution is 0.0949. The minimum Gasteiger partial charge on any atom is -0.352 e. The van der Waals surface area contributed by atoms with Crippen LogP contribution in [0, 0.1) is 11.8 Å². The molecule has 1 saturated heterocycles. The van der Waals surface area contributed by atoms with Crippen LogP contribution in [0.25, 0.3) is 10.9 Å². The van der Waals surface area contributed by atoms with Crippen LogP contribution in [0.2, 0.25) is 0 Å². The first-order valence-electron chi connectivity index (χ1n) is 8.56. The number of hydrogen-bond acceptors (Lipinski definition) is 3. The van der Waals surface area contributed by atoms with E-state index < -0.39 is 0 Å². The fourth-order valence-corrected chi connectivity index (χ4v) is 3.74. The van der Waals surface area contributed by atoms with Gasteiger partial charge in [-0.15, -0.1) is 0 Å². The molecule has 5 nitrogen and oxygen atoms in total. The van der Waals surface area contributed by atoms with E-state index in [4.69, 9.17) is 0 Å². The fraction of sp³-hybridized carbons (Fsp3) is 0.556. The van der Waals surface area contributed by atoms with Gasteiger partial charge in [0.2, 0.25) is 0 Å². The number of nitrogens with zero attached hydrogens (tertiary/aromatic N) is 2. The van der Waals surface area contributed by atoms with Crippen LogP contribution in [0.4, 0.5) is 0 Å². The first kappa shape index (κ1) is 16.0. The second-order valence-corrected chi connectivity index (χ2v) is 6.95. The van der Waals surface area contributed by atoms with Gasteiger partial charge >= 0.3 is 0 Å². The number of nitrogens with one attached hydrogen (secondary N) is 2. The Labute approximate surface area is 137 Å². The molecule has 2 N–H and O–H groups in total. The van der Waals surface area contributed by atoms with Gasteiger partial charge in [0.15, 0.2) is 0 Å². The number of amides is 1. The lowest BCUT2D eigenvalue weighted by Crippen LogP contribution is -2.40. The van der Waals surface area contributed by atoms with E-state index in [2.05, 4.69) is 34.3 Å². The van der Waals surface area contributed by atoms with Gasteiger partial charge in [0.1, 0.15) is 0 Å². The Kier molecular flexibility index (Phi) is 4.96. The predicted molar refractivity (Wildman–Crippen MR) is 92.4 cm³/mol. The molecule has 3 rings (SSSR count). The van der Waals surface area contributed by atoms with Gasteiger partial charge in [-0.1, -0.05) is 19.9 Å². The third kappa shape index (κ3) is 3.91. The number of hydrogen-bond donors (Lipinski definition) is 2. The van der Waals surface area contributed by atoms with Crippen LogP contribution >= 0.6 is 0 Å². The summed E-state index contributed by atoms with van der Waals surface area (Å²) in [5, 5.41) is 10.8. The van der Waals surface area contributed by atoms with Crippen LogP contribution in [0.1, 0.15) is 37.0 Å². The van der Waals surface area contributed by atoms with Crippen molar-refractivity contribution < 1.29 is 4.79 Å². The summed E-state index contributed by atoms with van der Waals surface area (Å²) in [6, 6.07) is 5.66. The number of carbonyl (C=O) groups excluding carboxylic acids is 1. The van der Waals surface area contributed by atoms with Crippen molar-refractivity contribution in [3.05, 3.63) is 30.0 Å². The van der Waals surface area contributed by atoms with Gasteiger partial charge in [-0.2, -0.15) is 5.10 Å². The Morgan fingerprint density at radius 2 is 2.13 bits per heavy atom. The van der Waals surface area contributed by atoms with Gasteiger partial charge < -0.3 is 10.2 Å². The summed E-state index contributed by atoms with van der Waals surface area (Å²) >= 11 is 0. The zero-order valence-electron chi connectivity index (χ0n) is 14.0. The van der Waals surface area contributed by atoms with Crippen LogP contribution in [0.3, 0.4) is 0 Å². The van der Waals surface area contributed by atoms with Crippen molar-refractivity contribution in [3.63, 3.8) is 0 Å². The van der Waals surface area contributed by atoms with Crippen molar-refractivity contribution in [3.8, 4) is 0 Å². The molecule has 1 aliphatic rings. The number of rotatable bonds is 5. The maximum absolute atomic E-state index is 12.3. The quantitative estimate of drug-likeness (QED) is 0.834. The van der Waals surface area contributed by atoms with E-state index in [9.17, 15) is 4.79 Å². The molecule has 0 spiro atoms. The standard InChI is InChI=1S/C18H26N4O/c1-13-9-14(2)12-22(11-13)8-4-7-19-18(23)15-5-3-6-17-16(15)10-20-21-17/h3,5-6,10,13-14H,4,7-9,11-12H2,1-2H3,(H,19,23)(H,20,21). The topological polar surface area (TPSA) is 61.0 Å².